The number of rotatable bonds is 9. The molecule has 0 bridgehead atoms. The second-order valence-electron chi connectivity index (χ2n) is 4.64. The van der Waals surface area contributed by atoms with E-state index < -0.39 is 0 Å². The lowest BCUT2D eigenvalue weighted by molar-refractivity contribution is 0.304. The predicted octanol–water partition coefficient (Wildman–Crippen LogP) is 4.23. The first-order valence-corrected chi connectivity index (χ1v) is 6.95. The number of unbranched alkanes of at least 4 members (excludes halogenated alkanes) is 1. The Labute approximate surface area is 115 Å². The van der Waals surface area contributed by atoms with E-state index in [1.807, 2.05) is 6.08 Å². The van der Waals surface area contributed by atoms with Gasteiger partial charge in [-0.3, -0.25) is 0 Å². The van der Waals surface area contributed by atoms with E-state index in [-0.39, 0.29) is 11.9 Å². The summed E-state index contributed by atoms with van der Waals surface area (Å²) in [4.78, 5) is 0. The number of halogens is 1. The lowest BCUT2D eigenvalue weighted by Crippen LogP contribution is -2.20. The van der Waals surface area contributed by atoms with E-state index in [1.165, 1.54) is 12.1 Å². The quantitative estimate of drug-likeness (QED) is 0.533. The van der Waals surface area contributed by atoms with Crippen molar-refractivity contribution in [3.05, 3.63) is 42.2 Å². The summed E-state index contributed by atoms with van der Waals surface area (Å²) in [6.45, 7) is 9.39. The molecule has 1 atom stereocenters. The molecule has 0 aliphatic heterocycles. The molecule has 19 heavy (non-hydrogen) atoms. The van der Waals surface area contributed by atoms with Gasteiger partial charge in [0.25, 0.3) is 0 Å². The highest BCUT2D eigenvalue weighted by atomic mass is 19.1. The molecule has 0 aliphatic carbocycles. The highest BCUT2D eigenvalue weighted by Crippen LogP contribution is 2.26. The van der Waals surface area contributed by atoms with Gasteiger partial charge in [0.05, 0.1) is 6.61 Å². The van der Waals surface area contributed by atoms with Crippen molar-refractivity contribution < 1.29 is 9.13 Å². The molecule has 0 spiro atoms. The second-order valence-corrected chi connectivity index (χ2v) is 4.64. The van der Waals surface area contributed by atoms with Crippen molar-refractivity contribution in [1.82, 2.24) is 5.32 Å². The van der Waals surface area contributed by atoms with Crippen LogP contribution in [-0.4, -0.2) is 13.2 Å². The molecule has 0 radical (unpaired) electrons. The van der Waals surface area contributed by atoms with E-state index in [2.05, 4.69) is 25.7 Å². The summed E-state index contributed by atoms with van der Waals surface area (Å²) in [6, 6.07) is 4.91. The molecular weight excluding hydrogens is 241 g/mol. The van der Waals surface area contributed by atoms with Gasteiger partial charge in [-0.05, 0) is 38.8 Å². The van der Waals surface area contributed by atoms with Crippen molar-refractivity contribution in [2.45, 2.75) is 39.2 Å². The smallest absolute Gasteiger partial charge is 0.126 e. The minimum Gasteiger partial charge on any atom is -0.493 e. The van der Waals surface area contributed by atoms with Crippen molar-refractivity contribution in [3.8, 4) is 5.75 Å². The van der Waals surface area contributed by atoms with Gasteiger partial charge in [0.1, 0.15) is 11.6 Å². The van der Waals surface area contributed by atoms with Crippen LogP contribution >= 0.6 is 0 Å². The minimum atomic E-state index is -0.259. The molecule has 0 amide bonds. The van der Waals surface area contributed by atoms with Crippen molar-refractivity contribution in [1.29, 1.82) is 0 Å². The maximum atomic E-state index is 13.3. The zero-order valence-corrected chi connectivity index (χ0v) is 11.9. The molecule has 2 nitrogen and oxygen atoms in total. The highest BCUT2D eigenvalue weighted by molar-refractivity contribution is 5.36. The Balaban J connectivity index is 2.70. The zero-order valence-electron chi connectivity index (χ0n) is 11.9. The van der Waals surface area contributed by atoms with Crippen LogP contribution in [-0.2, 0) is 0 Å². The van der Waals surface area contributed by atoms with Gasteiger partial charge in [0, 0.05) is 17.7 Å². The van der Waals surface area contributed by atoms with Crippen molar-refractivity contribution in [3.63, 3.8) is 0 Å². The summed E-state index contributed by atoms with van der Waals surface area (Å²) in [5, 5.41) is 3.39. The van der Waals surface area contributed by atoms with Crippen molar-refractivity contribution in [2.24, 2.45) is 0 Å². The molecular formula is C16H24FNO. The maximum Gasteiger partial charge on any atom is 0.126 e. The first-order valence-electron chi connectivity index (χ1n) is 6.95. The van der Waals surface area contributed by atoms with E-state index in [9.17, 15) is 4.39 Å². The fraction of sp³-hybridized carbons (Fsp3) is 0.500. The van der Waals surface area contributed by atoms with Crippen LogP contribution in [0.2, 0.25) is 0 Å². The van der Waals surface area contributed by atoms with Crippen LogP contribution in [0.1, 0.15) is 44.7 Å². The molecule has 0 fully saturated rings. The van der Waals surface area contributed by atoms with E-state index in [0.29, 0.717) is 12.4 Å². The fourth-order valence-electron chi connectivity index (χ4n) is 1.87. The molecule has 1 aromatic carbocycles. The summed E-state index contributed by atoms with van der Waals surface area (Å²) in [5.41, 5.74) is 1.01. The normalized spacial score (nSPS) is 12.2. The van der Waals surface area contributed by atoms with Gasteiger partial charge in [-0.1, -0.05) is 19.1 Å². The first-order chi connectivity index (χ1) is 9.19. The van der Waals surface area contributed by atoms with Crippen LogP contribution in [0.4, 0.5) is 4.39 Å². The topological polar surface area (TPSA) is 21.3 Å². The largest absolute Gasteiger partial charge is 0.493 e. The number of benzene rings is 1. The monoisotopic (exact) mass is 265 g/mol. The van der Waals surface area contributed by atoms with Crippen LogP contribution in [0.3, 0.4) is 0 Å². The second kappa shape index (κ2) is 8.70. The number of hydrogen-bond acceptors (Lipinski definition) is 2. The molecule has 1 N–H and O–H groups in total. The molecule has 0 aromatic heterocycles. The van der Waals surface area contributed by atoms with Gasteiger partial charge in [0.15, 0.2) is 0 Å². The third-order valence-electron chi connectivity index (χ3n) is 2.95. The number of nitrogens with one attached hydrogen (secondary N) is 1. The summed E-state index contributed by atoms with van der Waals surface area (Å²) in [7, 11) is 0. The SMILES string of the molecule is C=CCCCOc1cc(F)ccc1C(C)NCCC. The number of hydrogen-bond donors (Lipinski definition) is 1. The van der Waals surface area contributed by atoms with Gasteiger partial charge in [-0.15, -0.1) is 6.58 Å². The molecule has 0 saturated carbocycles. The Kier molecular flexibility index (Phi) is 7.19. The molecule has 3 heteroatoms. The van der Waals surface area contributed by atoms with Crippen LogP contribution in [0.25, 0.3) is 0 Å². The molecule has 1 rings (SSSR count). The van der Waals surface area contributed by atoms with E-state index >= 15 is 0 Å². The Morgan fingerprint density at radius 3 is 2.95 bits per heavy atom. The summed E-state index contributed by atoms with van der Waals surface area (Å²) >= 11 is 0. The van der Waals surface area contributed by atoms with Crippen molar-refractivity contribution in [2.75, 3.05) is 13.2 Å². The van der Waals surface area contributed by atoms with Crippen LogP contribution in [0.15, 0.2) is 30.9 Å². The molecule has 1 unspecified atom stereocenters. The summed E-state index contributed by atoms with van der Waals surface area (Å²) < 4.78 is 19.0. The Bertz CT molecular complexity index is 392. The average Bonchev–Trinajstić information content (AvgIpc) is 2.41. The minimum absolute atomic E-state index is 0.162. The Morgan fingerprint density at radius 2 is 2.26 bits per heavy atom. The first kappa shape index (κ1) is 15.7. The van der Waals surface area contributed by atoms with Gasteiger partial charge in [-0.2, -0.15) is 0 Å². The van der Waals surface area contributed by atoms with Gasteiger partial charge < -0.3 is 10.1 Å². The standard InChI is InChI=1S/C16H24FNO/c1-4-6-7-11-19-16-12-14(17)8-9-15(16)13(3)18-10-5-2/h4,8-9,12-13,18H,1,5-7,10-11H2,2-3H3. The average molecular weight is 265 g/mol. The molecule has 1 aromatic rings. The third kappa shape index (κ3) is 5.43. The third-order valence-corrected chi connectivity index (χ3v) is 2.95. The maximum absolute atomic E-state index is 13.3. The Morgan fingerprint density at radius 1 is 1.47 bits per heavy atom. The molecule has 0 aliphatic rings. The summed E-state index contributed by atoms with van der Waals surface area (Å²) in [6.07, 6.45) is 4.74. The highest BCUT2D eigenvalue weighted by Gasteiger charge is 2.12. The van der Waals surface area contributed by atoms with Gasteiger partial charge in [0.2, 0.25) is 0 Å². The van der Waals surface area contributed by atoms with Crippen molar-refractivity contribution >= 4 is 0 Å². The fourth-order valence-corrected chi connectivity index (χ4v) is 1.87. The lowest BCUT2D eigenvalue weighted by atomic mass is 10.1. The zero-order chi connectivity index (χ0) is 14.1. The van der Waals surface area contributed by atoms with Crippen LogP contribution in [0.5, 0.6) is 5.75 Å². The van der Waals surface area contributed by atoms with E-state index in [1.54, 1.807) is 6.07 Å². The van der Waals surface area contributed by atoms with E-state index in [4.69, 9.17) is 4.74 Å². The van der Waals surface area contributed by atoms with Gasteiger partial charge >= 0.3 is 0 Å². The van der Waals surface area contributed by atoms with E-state index in [0.717, 1.165) is 31.4 Å². The number of ether oxygens (including phenoxy) is 1. The molecule has 106 valence electrons. The van der Waals surface area contributed by atoms with Gasteiger partial charge in [-0.25, -0.2) is 4.39 Å². The lowest BCUT2D eigenvalue weighted by Gasteiger charge is -2.18. The summed E-state index contributed by atoms with van der Waals surface area (Å²) in [5.74, 6) is 0.380. The Hall–Kier alpha value is -1.35. The molecule has 0 heterocycles. The predicted molar refractivity (Wildman–Crippen MR) is 78.0 cm³/mol. The van der Waals surface area contributed by atoms with Crippen LogP contribution in [0, 0.1) is 5.82 Å². The van der Waals surface area contributed by atoms with Crippen LogP contribution < -0.4 is 10.1 Å². The molecule has 0 saturated heterocycles. The number of allylic oxidation sites excluding steroid dienone is 1.